The van der Waals surface area contributed by atoms with E-state index in [1.54, 1.807) is 0 Å². The summed E-state index contributed by atoms with van der Waals surface area (Å²) in [5.74, 6) is 3.49. The lowest BCUT2D eigenvalue weighted by molar-refractivity contribution is -0.130. The van der Waals surface area contributed by atoms with Gasteiger partial charge >= 0.3 is 0 Å². The van der Waals surface area contributed by atoms with Gasteiger partial charge in [-0.3, -0.25) is 4.79 Å². The Morgan fingerprint density at radius 3 is 2.82 bits per heavy atom. The molecule has 1 aliphatic carbocycles. The van der Waals surface area contributed by atoms with Gasteiger partial charge in [0, 0.05) is 44.1 Å². The highest BCUT2D eigenvalue weighted by atomic mass is 35.5. The van der Waals surface area contributed by atoms with Crippen molar-refractivity contribution in [2.75, 3.05) is 31.6 Å². The number of amides is 1. The van der Waals surface area contributed by atoms with E-state index < -0.39 is 0 Å². The van der Waals surface area contributed by atoms with Crippen molar-refractivity contribution in [2.45, 2.75) is 31.7 Å². The minimum atomic E-state index is 0. The highest BCUT2D eigenvalue weighted by Gasteiger charge is 2.23. The van der Waals surface area contributed by atoms with Crippen molar-refractivity contribution in [1.82, 2.24) is 10.2 Å². The van der Waals surface area contributed by atoms with Gasteiger partial charge in [-0.2, -0.15) is 11.8 Å². The van der Waals surface area contributed by atoms with Gasteiger partial charge in [-0.15, -0.1) is 12.4 Å². The van der Waals surface area contributed by atoms with E-state index in [0.717, 1.165) is 24.8 Å². The Bertz CT molecular complexity index is 243. The fraction of sp³-hybridized carbons (Fsp3) is 0.917. The van der Waals surface area contributed by atoms with Crippen LogP contribution in [0.2, 0.25) is 0 Å². The second-order valence-corrected chi connectivity index (χ2v) is 6.13. The number of carbonyl (C=O) groups is 1. The minimum Gasteiger partial charge on any atom is -0.346 e. The summed E-state index contributed by atoms with van der Waals surface area (Å²) in [4.78, 5) is 13.8. The van der Waals surface area contributed by atoms with Gasteiger partial charge in [0.05, 0.1) is 0 Å². The molecule has 1 aliphatic heterocycles. The number of thioether (sulfide) groups is 1. The normalized spacial score (nSPS) is 23.9. The average Bonchev–Trinajstić information content (AvgIpc) is 3.11. The minimum absolute atomic E-state index is 0. The molecule has 3 nitrogen and oxygen atoms in total. The summed E-state index contributed by atoms with van der Waals surface area (Å²) in [6.07, 6.45) is 4.63. The Kier molecular flexibility index (Phi) is 6.67. The van der Waals surface area contributed by atoms with Crippen LogP contribution >= 0.6 is 24.2 Å². The van der Waals surface area contributed by atoms with Crippen molar-refractivity contribution >= 4 is 30.1 Å². The molecule has 1 N–H and O–H groups in total. The molecule has 17 heavy (non-hydrogen) atoms. The molecule has 0 bridgehead atoms. The van der Waals surface area contributed by atoms with Crippen LogP contribution in [0.3, 0.4) is 0 Å². The molecule has 5 heteroatoms. The van der Waals surface area contributed by atoms with Gasteiger partial charge < -0.3 is 10.2 Å². The van der Waals surface area contributed by atoms with Crippen molar-refractivity contribution in [2.24, 2.45) is 5.92 Å². The third-order valence-electron chi connectivity index (χ3n) is 3.41. The molecule has 100 valence electrons. The van der Waals surface area contributed by atoms with Crippen LogP contribution in [-0.2, 0) is 4.79 Å². The zero-order valence-corrected chi connectivity index (χ0v) is 12.1. The SMILES string of the molecule is CN(CCC1CC1)C(=O)CC1CSCCN1.Cl. The lowest BCUT2D eigenvalue weighted by atomic mass is 10.2. The molecule has 1 saturated carbocycles. The summed E-state index contributed by atoms with van der Waals surface area (Å²) in [5.41, 5.74) is 0. The largest absolute Gasteiger partial charge is 0.346 e. The number of halogens is 1. The van der Waals surface area contributed by atoms with E-state index in [4.69, 9.17) is 0 Å². The average molecular weight is 279 g/mol. The van der Waals surface area contributed by atoms with E-state index in [0.29, 0.717) is 18.4 Å². The van der Waals surface area contributed by atoms with Crippen molar-refractivity contribution < 1.29 is 4.79 Å². The van der Waals surface area contributed by atoms with Gasteiger partial charge in [0.25, 0.3) is 0 Å². The topological polar surface area (TPSA) is 32.3 Å². The number of nitrogens with one attached hydrogen (secondary N) is 1. The van der Waals surface area contributed by atoms with Crippen LogP contribution in [0.25, 0.3) is 0 Å². The first-order chi connectivity index (χ1) is 7.75. The number of nitrogens with zero attached hydrogens (tertiary/aromatic N) is 1. The van der Waals surface area contributed by atoms with Crippen molar-refractivity contribution in [3.05, 3.63) is 0 Å². The van der Waals surface area contributed by atoms with E-state index in [2.05, 4.69) is 5.32 Å². The number of rotatable bonds is 5. The molecule has 1 amide bonds. The summed E-state index contributed by atoms with van der Waals surface area (Å²) < 4.78 is 0. The molecule has 1 atom stereocenters. The quantitative estimate of drug-likeness (QED) is 0.832. The molecular weight excluding hydrogens is 256 g/mol. The van der Waals surface area contributed by atoms with Crippen molar-refractivity contribution in [3.8, 4) is 0 Å². The number of hydrogen-bond donors (Lipinski definition) is 1. The Balaban J connectivity index is 0.00000144. The van der Waals surface area contributed by atoms with Crippen LogP contribution in [0.15, 0.2) is 0 Å². The Hall–Kier alpha value is 0.0700. The monoisotopic (exact) mass is 278 g/mol. The first kappa shape index (κ1) is 15.1. The standard InChI is InChI=1S/C12H22N2OS.ClH/c1-14(6-4-10-2-3-10)12(15)8-11-9-16-7-5-13-11;/h10-11,13H,2-9H2,1H3;1H. The third-order valence-corrected chi connectivity index (χ3v) is 4.55. The van der Waals surface area contributed by atoms with E-state index >= 15 is 0 Å². The van der Waals surface area contributed by atoms with Crippen molar-refractivity contribution in [3.63, 3.8) is 0 Å². The van der Waals surface area contributed by atoms with Gasteiger partial charge in [0.2, 0.25) is 5.91 Å². The highest BCUT2D eigenvalue weighted by Crippen LogP contribution is 2.32. The van der Waals surface area contributed by atoms with Gasteiger partial charge in [0.1, 0.15) is 0 Å². The lowest BCUT2D eigenvalue weighted by Gasteiger charge is -2.25. The molecule has 0 aromatic heterocycles. The predicted octanol–water partition coefficient (Wildman–Crippen LogP) is 1.76. The molecule has 0 aromatic carbocycles. The molecule has 1 saturated heterocycles. The molecule has 0 radical (unpaired) electrons. The van der Waals surface area contributed by atoms with E-state index in [-0.39, 0.29) is 12.4 Å². The molecule has 2 rings (SSSR count). The fourth-order valence-electron chi connectivity index (χ4n) is 2.02. The zero-order chi connectivity index (χ0) is 11.4. The van der Waals surface area contributed by atoms with E-state index in [1.807, 2.05) is 23.7 Å². The molecule has 1 unspecified atom stereocenters. The second-order valence-electron chi connectivity index (χ2n) is 4.98. The molecule has 2 aliphatic rings. The Morgan fingerprint density at radius 1 is 1.47 bits per heavy atom. The fourth-order valence-corrected chi connectivity index (χ4v) is 2.97. The Morgan fingerprint density at radius 2 is 2.24 bits per heavy atom. The van der Waals surface area contributed by atoms with Gasteiger partial charge in [-0.1, -0.05) is 12.8 Å². The summed E-state index contributed by atoms with van der Waals surface area (Å²) in [5, 5.41) is 3.41. The summed E-state index contributed by atoms with van der Waals surface area (Å²) in [6.45, 7) is 2.00. The number of hydrogen-bond acceptors (Lipinski definition) is 3. The van der Waals surface area contributed by atoms with Gasteiger partial charge in [-0.25, -0.2) is 0 Å². The zero-order valence-electron chi connectivity index (χ0n) is 10.5. The highest BCUT2D eigenvalue weighted by molar-refractivity contribution is 7.99. The number of carbonyl (C=O) groups excluding carboxylic acids is 1. The van der Waals surface area contributed by atoms with Crippen LogP contribution in [0, 0.1) is 5.92 Å². The maximum absolute atomic E-state index is 11.9. The summed E-state index contributed by atoms with van der Waals surface area (Å²) in [7, 11) is 1.95. The van der Waals surface area contributed by atoms with Crippen molar-refractivity contribution in [1.29, 1.82) is 0 Å². The third kappa shape index (κ3) is 5.49. The predicted molar refractivity (Wildman–Crippen MR) is 76.0 cm³/mol. The van der Waals surface area contributed by atoms with E-state index in [1.165, 1.54) is 25.0 Å². The molecule has 1 heterocycles. The van der Waals surface area contributed by atoms with Crippen LogP contribution in [-0.4, -0.2) is 48.5 Å². The second kappa shape index (κ2) is 7.49. The van der Waals surface area contributed by atoms with Crippen LogP contribution < -0.4 is 5.32 Å². The lowest BCUT2D eigenvalue weighted by Crippen LogP contribution is -2.42. The smallest absolute Gasteiger partial charge is 0.223 e. The van der Waals surface area contributed by atoms with Crippen LogP contribution in [0.4, 0.5) is 0 Å². The summed E-state index contributed by atoms with van der Waals surface area (Å²) in [6, 6.07) is 0.398. The molecule has 2 fully saturated rings. The Labute approximate surface area is 114 Å². The van der Waals surface area contributed by atoms with Gasteiger partial charge in [-0.05, 0) is 12.3 Å². The summed E-state index contributed by atoms with van der Waals surface area (Å²) >= 11 is 1.95. The van der Waals surface area contributed by atoms with Crippen LogP contribution in [0.5, 0.6) is 0 Å². The molecule has 0 spiro atoms. The molecular formula is C12H23ClN2OS. The maximum atomic E-state index is 11.9. The van der Waals surface area contributed by atoms with Gasteiger partial charge in [0.15, 0.2) is 0 Å². The molecule has 0 aromatic rings. The van der Waals surface area contributed by atoms with E-state index in [9.17, 15) is 4.79 Å². The van der Waals surface area contributed by atoms with Crippen LogP contribution in [0.1, 0.15) is 25.7 Å². The first-order valence-electron chi connectivity index (χ1n) is 6.31. The first-order valence-corrected chi connectivity index (χ1v) is 7.46. The maximum Gasteiger partial charge on any atom is 0.223 e.